The topological polar surface area (TPSA) is 64.1 Å². The second-order valence-electron chi connectivity index (χ2n) is 4.83. The number of nitrogens with zero attached hydrogens (tertiary/aromatic N) is 2. The van der Waals surface area contributed by atoms with Crippen molar-refractivity contribution in [1.82, 2.24) is 10.2 Å². The number of anilines is 1. The summed E-state index contributed by atoms with van der Waals surface area (Å²) in [6, 6.07) is 7.98. The van der Waals surface area contributed by atoms with Gasteiger partial charge in [0, 0.05) is 11.5 Å². The Morgan fingerprint density at radius 2 is 2.00 bits per heavy atom. The highest BCUT2D eigenvalue weighted by Crippen LogP contribution is 2.45. The number of carbonyl (C=O) groups excluding carboxylic acids is 1. The van der Waals surface area contributed by atoms with E-state index < -0.39 is 0 Å². The molecule has 0 aliphatic carbocycles. The van der Waals surface area contributed by atoms with Crippen LogP contribution in [0.3, 0.4) is 0 Å². The summed E-state index contributed by atoms with van der Waals surface area (Å²) in [4.78, 5) is 11.9. The molecule has 2 heterocycles. The zero-order chi connectivity index (χ0) is 16.1. The zero-order valence-corrected chi connectivity index (χ0v) is 15.1. The number of amides is 1. The molecule has 1 aliphatic rings. The number of carbonyl (C=O) groups is 1. The molecule has 122 valence electrons. The molecule has 1 N–H and O–H groups in total. The molecule has 0 radical (unpaired) electrons. The number of ether oxygens (including phenoxy) is 1. The van der Waals surface area contributed by atoms with Crippen molar-refractivity contribution in [1.29, 1.82) is 0 Å². The van der Waals surface area contributed by atoms with Gasteiger partial charge in [0.1, 0.15) is 10.8 Å². The Balaban J connectivity index is 1.48. The van der Waals surface area contributed by atoms with Gasteiger partial charge in [-0.25, -0.2) is 0 Å². The van der Waals surface area contributed by atoms with Crippen LogP contribution in [0.4, 0.5) is 5.13 Å². The molecule has 0 unspecified atom stereocenters. The zero-order valence-electron chi connectivity index (χ0n) is 12.7. The van der Waals surface area contributed by atoms with E-state index in [4.69, 9.17) is 4.74 Å². The Morgan fingerprint density at radius 1 is 1.26 bits per heavy atom. The number of benzene rings is 1. The SMILES string of the molecule is CCc1nnc(NC(=O)COc2ccc(C3SCCS3)cc2)s1. The van der Waals surface area contributed by atoms with Crippen LogP contribution in [0, 0.1) is 0 Å². The lowest BCUT2D eigenvalue weighted by Crippen LogP contribution is -2.20. The normalized spacial score (nSPS) is 14.8. The number of hydrogen-bond donors (Lipinski definition) is 1. The second kappa shape index (κ2) is 8.03. The number of aryl methyl sites for hydroxylation is 1. The molecule has 1 aromatic heterocycles. The van der Waals surface area contributed by atoms with E-state index in [1.54, 1.807) is 0 Å². The van der Waals surface area contributed by atoms with Crippen molar-refractivity contribution in [3.05, 3.63) is 34.8 Å². The van der Waals surface area contributed by atoms with Crippen molar-refractivity contribution < 1.29 is 9.53 Å². The van der Waals surface area contributed by atoms with E-state index in [0.29, 0.717) is 15.5 Å². The highest BCUT2D eigenvalue weighted by molar-refractivity contribution is 8.19. The molecule has 3 rings (SSSR count). The Labute approximate surface area is 147 Å². The number of thioether (sulfide) groups is 2. The molecule has 0 saturated carbocycles. The minimum atomic E-state index is -0.227. The molecule has 1 aliphatic heterocycles. The first kappa shape index (κ1) is 16.6. The van der Waals surface area contributed by atoms with Crippen LogP contribution >= 0.6 is 34.9 Å². The van der Waals surface area contributed by atoms with Gasteiger partial charge in [-0.3, -0.25) is 10.1 Å². The van der Waals surface area contributed by atoms with Crippen molar-refractivity contribution in [3.8, 4) is 5.75 Å². The minimum absolute atomic E-state index is 0.0344. The number of nitrogens with one attached hydrogen (secondary N) is 1. The summed E-state index contributed by atoms with van der Waals surface area (Å²) >= 11 is 5.33. The van der Waals surface area contributed by atoms with Crippen molar-refractivity contribution >= 4 is 45.9 Å². The van der Waals surface area contributed by atoms with Gasteiger partial charge in [0.2, 0.25) is 5.13 Å². The highest BCUT2D eigenvalue weighted by atomic mass is 32.2. The molecule has 1 fully saturated rings. The monoisotopic (exact) mass is 367 g/mol. The van der Waals surface area contributed by atoms with Crippen molar-refractivity contribution in [2.24, 2.45) is 0 Å². The van der Waals surface area contributed by atoms with Crippen LogP contribution < -0.4 is 10.1 Å². The van der Waals surface area contributed by atoms with Gasteiger partial charge in [0.15, 0.2) is 6.61 Å². The Morgan fingerprint density at radius 3 is 2.65 bits per heavy atom. The molecule has 1 aromatic carbocycles. The van der Waals surface area contributed by atoms with Gasteiger partial charge in [-0.1, -0.05) is 30.4 Å². The third-order valence-corrected chi connectivity index (χ3v) is 7.25. The van der Waals surface area contributed by atoms with Gasteiger partial charge in [0.25, 0.3) is 5.91 Å². The summed E-state index contributed by atoms with van der Waals surface area (Å²) in [5.74, 6) is 2.89. The van der Waals surface area contributed by atoms with Gasteiger partial charge >= 0.3 is 0 Å². The lowest BCUT2D eigenvalue weighted by atomic mass is 10.2. The number of aromatic nitrogens is 2. The molecule has 0 bridgehead atoms. The molecule has 2 aromatic rings. The lowest BCUT2D eigenvalue weighted by molar-refractivity contribution is -0.118. The van der Waals surface area contributed by atoms with Crippen molar-refractivity contribution in [2.75, 3.05) is 23.4 Å². The summed E-state index contributed by atoms with van der Waals surface area (Å²) in [6.45, 7) is 1.97. The number of hydrogen-bond acceptors (Lipinski definition) is 7. The molecule has 0 atom stereocenters. The fourth-order valence-electron chi connectivity index (χ4n) is 2.02. The van der Waals surface area contributed by atoms with Gasteiger partial charge in [0.05, 0.1) is 4.58 Å². The van der Waals surface area contributed by atoms with Gasteiger partial charge < -0.3 is 4.74 Å². The van der Waals surface area contributed by atoms with Gasteiger partial charge in [-0.2, -0.15) is 0 Å². The smallest absolute Gasteiger partial charge is 0.264 e. The summed E-state index contributed by atoms with van der Waals surface area (Å²) < 4.78 is 6.05. The van der Waals surface area contributed by atoms with E-state index in [0.717, 1.165) is 11.4 Å². The van der Waals surface area contributed by atoms with Gasteiger partial charge in [-0.15, -0.1) is 33.7 Å². The maximum absolute atomic E-state index is 11.9. The van der Waals surface area contributed by atoms with E-state index in [9.17, 15) is 4.79 Å². The summed E-state index contributed by atoms with van der Waals surface area (Å²) in [5.41, 5.74) is 1.30. The van der Waals surface area contributed by atoms with Crippen molar-refractivity contribution in [3.63, 3.8) is 0 Å². The quantitative estimate of drug-likeness (QED) is 0.842. The van der Waals surface area contributed by atoms with Crippen molar-refractivity contribution in [2.45, 2.75) is 17.9 Å². The summed E-state index contributed by atoms with van der Waals surface area (Å²) in [7, 11) is 0. The third-order valence-electron chi connectivity index (χ3n) is 3.16. The average Bonchev–Trinajstić information content (AvgIpc) is 3.25. The average molecular weight is 368 g/mol. The lowest BCUT2D eigenvalue weighted by Gasteiger charge is -2.10. The van der Waals surface area contributed by atoms with Crippen LogP contribution in [0.5, 0.6) is 5.75 Å². The minimum Gasteiger partial charge on any atom is -0.484 e. The molecular weight excluding hydrogens is 350 g/mol. The Kier molecular flexibility index (Phi) is 5.80. The molecule has 1 amide bonds. The maximum Gasteiger partial charge on any atom is 0.264 e. The molecule has 1 saturated heterocycles. The van der Waals surface area contributed by atoms with E-state index in [1.807, 2.05) is 42.6 Å². The van der Waals surface area contributed by atoms with E-state index in [-0.39, 0.29) is 12.5 Å². The standard InChI is InChI=1S/C15H17N3O2S3/c1-2-13-17-18-15(23-13)16-12(19)9-20-11-5-3-10(4-6-11)14-21-7-8-22-14/h3-6,14H,2,7-9H2,1H3,(H,16,18,19). The van der Waals surface area contributed by atoms with Crippen LogP contribution in [0.1, 0.15) is 22.1 Å². The fraction of sp³-hybridized carbons (Fsp3) is 0.400. The first-order valence-electron chi connectivity index (χ1n) is 7.33. The predicted octanol–water partition coefficient (Wildman–Crippen LogP) is 3.60. The largest absolute Gasteiger partial charge is 0.484 e. The summed E-state index contributed by atoms with van der Waals surface area (Å²) in [6.07, 6.45) is 0.813. The van der Waals surface area contributed by atoms with Crippen LogP contribution in [-0.4, -0.2) is 34.2 Å². The molecule has 0 spiro atoms. The molecular formula is C15H17N3O2S3. The first-order valence-corrected chi connectivity index (χ1v) is 10.2. The fourth-order valence-corrected chi connectivity index (χ4v) is 5.58. The first-order chi connectivity index (χ1) is 11.2. The Bertz CT molecular complexity index is 654. The molecule has 5 nitrogen and oxygen atoms in total. The van der Waals surface area contributed by atoms with E-state index >= 15 is 0 Å². The Hall–Kier alpha value is -1.25. The van der Waals surface area contributed by atoms with Crippen LogP contribution in [0.25, 0.3) is 0 Å². The van der Waals surface area contributed by atoms with Gasteiger partial charge in [-0.05, 0) is 24.1 Å². The maximum atomic E-state index is 11.9. The van der Waals surface area contributed by atoms with Crippen LogP contribution in [-0.2, 0) is 11.2 Å². The van der Waals surface area contributed by atoms with E-state index in [2.05, 4.69) is 27.6 Å². The predicted molar refractivity (Wildman–Crippen MR) is 97.5 cm³/mol. The van der Waals surface area contributed by atoms with Crippen LogP contribution in [0.15, 0.2) is 24.3 Å². The second-order valence-corrected chi connectivity index (χ2v) is 8.62. The summed E-state index contributed by atoms with van der Waals surface area (Å²) in [5, 5.41) is 12.0. The van der Waals surface area contributed by atoms with E-state index in [1.165, 1.54) is 28.4 Å². The van der Waals surface area contributed by atoms with Crippen LogP contribution in [0.2, 0.25) is 0 Å². The molecule has 8 heteroatoms. The third kappa shape index (κ3) is 4.62. The highest BCUT2D eigenvalue weighted by Gasteiger charge is 2.18. The molecule has 23 heavy (non-hydrogen) atoms. The number of rotatable bonds is 6.